The maximum Gasteiger partial charge on any atom is 0.253 e. The lowest BCUT2D eigenvalue weighted by Crippen LogP contribution is -2.37. The molecular weight excluding hydrogens is 242 g/mol. The third kappa shape index (κ3) is 2.85. The zero-order valence-corrected chi connectivity index (χ0v) is 10.8. The first-order valence-electron chi connectivity index (χ1n) is 6.74. The Bertz CT molecular complexity index is 457. The van der Waals surface area contributed by atoms with Crippen molar-refractivity contribution in [3.63, 3.8) is 0 Å². The van der Waals surface area contributed by atoms with Gasteiger partial charge in [0.15, 0.2) is 0 Å². The normalized spacial score (nSPS) is 23.3. The lowest BCUT2D eigenvalue weighted by atomic mass is 10.2. The van der Waals surface area contributed by atoms with E-state index in [1.165, 1.54) is 19.0 Å². The van der Waals surface area contributed by atoms with Gasteiger partial charge in [0.05, 0.1) is 5.56 Å². The van der Waals surface area contributed by atoms with E-state index in [4.69, 9.17) is 5.84 Å². The number of nitrogens with one attached hydrogen (secondary N) is 2. The summed E-state index contributed by atoms with van der Waals surface area (Å²) in [6, 6.07) is 4.46. The zero-order valence-electron chi connectivity index (χ0n) is 10.8. The first kappa shape index (κ1) is 12.4. The molecule has 0 bridgehead atoms. The van der Waals surface area contributed by atoms with Crippen molar-refractivity contribution >= 4 is 11.7 Å². The summed E-state index contributed by atoms with van der Waals surface area (Å²) in [5, 5.41) is 3.07. The Morgan fingerprint density at radius 1 is 1.37 bits per heavy atom. The van der Waals surface area contributed by atoms with Crippen molar-refractivity contribution in [2.24, 2.45) is 5.84 Å². The number of likely N-dealkylation sites (tertiary alicyclic amines) is 1. The number of hydrogen-bond donors (Lipinski definition) is 3. The lowest BCUT2D eigenvalue weighted by Gasteiger charge is -2.15. The summed E-state index contributed by atoms with van der Waals surface area (Å²) in [7, 11) is 0. The van der Waals surface area contributed by atoms with Gasteiger partial charge in [0.25, 0.3) is 5.91 Å². The monoisotopic (exact) mass is 261 g/mol. The SMILES string of the molecule is NNc1ccc(C(=O)NC2CCN(C3CC3)C2)cn1. The largest absolute Gasteiger partial charge is 0.348 e. The number of nitrogen functional groups attached to an aromatic ring is 1. The summed E-state index contributed by atoms with van der Waals surface area (Å²) in [4.78, 5) is 18.6. The Labute approximate surface area is 112 Å². The topological polar surface area (TPSA) is 83.3 Å². The molecule has 4 N–H and O–H groups in total. The molecule has 2 fully saturated rings. The van der Waals surface area contributed by atoms with E-state index >= 15 is 0 Å². The number of amides is 1. The summed E-state index contributed by atoms with van der Waals surface area (Å²) < 4.78 is 0. The Morgan fingerprint density at radius 2 is 2.21 bits per heavy atom. The van der Waals surface area contributed by atoms with Gasteiger partial charge in [0.2, 0.25) is 0 Å². The second-order valence-electron chi connectivity index (χ2n) is 5.26. The van der Waals surface area contributed by atoms with Gasteiger partial charge in [0.1, 0.15) is 5.82 Å². The van der Waals surface area contributed by atoms with Crippen LogP contribution in [0.4, 0.5) is 5.82 Å². The number of rotatable bonds is 4. The number of nitrogens with zero attached hydrogens (tertiary/aromatic N) is 2. The quantitative estimate of drug-likeness (QED) is 0.537. The van der Waals surface area contributed by atoms with Gasteiger partial charge in [-0.05, 0) is 31.4 Å². The van der Waals surface area contributed by atoms with Crippen LogP contribution in [0.1, 0.15) is 29.6 Å². The van der Waals surface area contributed by atoms with Crippen LogP contribution in [0.5, 0.6) is 0 Å². The average Bonchev–Trinajstić information content (AvgIpc) is 3.20. The van der Waals surface area contributed by atoms with Crippen LogP contribution in [-0.2, 0) is 0 Å². The van der Waals surface area contributed by atoms with Crippen LogP contribution in [0.15, 0.2) is 18.3 Å². The maximum atomic E-state index is 12.1. The third-order valence-electron chi connectivity index (χ3n) is 3.79. The molecule has 2 aliphatic rings. The summed E-state index contributed by atoms with van der Waals surface area (Å²) in [6.45, 7) is 2.08. The highest BCUT2D eigenvalue weighted by molar-refractivity contribution is 5.94. The number of carbonyl (C=O) groups is 1. The fourth-order valence-corrected chi connectivity index (χ4v) is 2.56. The van der Waals surface area contributed by atoms with Gasteiger partial charge < -0.3 is 10.7 Å². The van der Waals surface area contributed by atoms with Crippen molar-refractivity contribution in [1.29, 1.82) is 0 Å². The Kier molecular flexibility index (Phi) is 3.35. The molecule has 6 heteroatoms. The number of aromatic nitrogens is 1. The number of hydrazine groups is 1. The zero-order chi connectivity index (χ0) is 13.2. The van der Waals surface area contributed by atoms with E-state index < -0.39 is 0 Å². The van der Waals surface area contributed by atoms with Crippen molar-refractivity contribution in [3.8, 4) is 0 Å². The van der Waals surface area contributed by atoms with Gasteiger partial charge in [0, 0.05) is 31.4 Å². The second kappa shape index (κ2) is 5.14. The van der Waals surface area contributed by atoms with Crippen molar-refractivity contribution in [2.75, 3.05) is 18.5 Å². The van der Waals surface area contributed by atoms with E-state index in [0.717, 1.165) is 25.6 Å². The molecule has 2 heterocycles. The van der Waals surface area contributed by atoms with Crippen molar-refractivity contribution < 1.29 is 4.79 Å². The fourth-order valence-electron chi connectivity index (χ4n) is 2.56. The van der Waals surface area contributed by atoms with Gasteiger partial charge in [-0.3, -0.25) is 9.69 Å². The Morgan fingerprint density at radius 3 is 2.84 bits per heavy atom. The van der Waals surface area contributed by atoms with Gasteiger partial charge in [-0.15, -0.1) is 0 Å². The summed E-state index contributed by atoms with van der Waals surface area (Å²) in [5.74, 6) is 5.74. The molecule has 1 saturated carbocycles. The van der Waals surface area contributed by atoms with Crippen LogP contribution in [0.2, 0.25) is 0 Å². The molecule has 1 saturated heterocycles. The molecule has 6 nitrogen and oxygen atoms in total. The highest BCUT2D eigenvalue weighted by Gasteiger charge is 2.34. The molecule has 1 atom stereocenters. The average molecular weight is 261 g/mol. The number of anilines is 1. The molecule has 1 amide bonds. The van der Waals surface area contributed by atoms with Crippen LogP contribution < -0.4 is 16.6 Å². The molecule has 1 unspecified atom stereocenters. The molecule has 1 aromatic heterocycles. The van der Waals surface area contributed by atoms with Crippen molar-refractivity contribution in [1.82, 2.24) is 15.2 Å². The predicted octanol–water partition coefficient (Wildman–Crippen LogP) is 0.334. The van der Waals surface area contributed by atoms with E-state index in [2.05, 4.69) is 20.6 Å². The lowest BCUT2D eigenvalue weighted by molar-refractivity contribution is 0.0937. The van der Waals surface area contributed by atoms with E-state index in [1.807, 2.05) is 0 Å². The van der Waals surface area contributed by atoms with Crippen LogP contribution in [0.25, 0.3) is 0 Å². The summed E-state index contributed by atoms with van der Waals surface area (Å²) >= 11 is 0. The Balaban J connectivity index is 1.55. The molecule has 102 valence electrons. The van der Waals surface area contributed by atoms with E-state index in [0.29, 0.717) is 11.4 Å². The van der Waals surface area contributed by atoms with E-state index in [9.17, 15) is 4.79 Å². The molecular formula is C13H19N5O. The van der Waals surface area contributed by atoms with Gasteiger partial charge in [-0.2, -0.15) is 0 Å². The molecule has 0 radical (unpaired) electrons. The molecule has 19 heavy (non-hydrogen) atoms. The molecule has 3 rings (SSSR count). The Hall–Kier alpha value is -1.66. The number of carbonyl (C=O) groups excluding carboxylic acids is 1. The third-order valence-corrected chi connectivity index (χ3v) is 3.79. The van der Waals surface area contributed by atoms with Gasteiger partial charge in [-0.1, -0.05) is 0 Å². The predicted molar refractivity (Wildman–Crippen MR) is 72.5 cm³/mol. The van der Waals surface area contributed by atoms with E-state index in [-0.39, 0.29) is 11.9 Å². The van der Waals surface area contributed by atoms with Gasteiger partial charge >= 0.3 is 0 Å². The van der Waals surface area contributed by atoms with E-state index in [1.54, 1.807) is 12.1 Å². The maximum absolute atomic E-state index is 12.1. The summed E-state index contributed by atoms with van der Waals surface area (Å²) in [6.07, 6.45) is 5.21. The van der Waals surface area contributed by atoms with Crippen LogP contribution >= 0.6 is 0 Å². The molecule has 0 aromatic carbocycles. The van der Waals surface area contributed by atoms with Crippen LogP contribution in [-0.4, -0.2) is 41.0 Å². The highest BCUT2D eigenvalue weighted by Crippen LogP contribution is 2.29. The molecule has 0 spiro atoms. The van der Waals surface area contributed by atoms with Crippen molar-refractivity contribution in [3.05, 3.63) is 23.9 Å². The second-order valence-corrected chi connectivity index (χ2v) is 5.26. The first-order valence-corrected chi connectivity index (χ1v) is 6.74. The number of nitrogens with two attached hydrogens (primary N) is 1. The standard InChI is InChI=1S/C13H19N5O/c14-17-12-4-1-9(7-15-12)13(19)16-10-5-6-18(8-10)11-2-3-11/h1,4,7,10-11H,2-3,5-6,8,14H2,(H,15,17)(H,16,19). The van der Waals surface area contributed by atoms with Crippen LogP contribution in [0.3, 0.4) is 0 Å². The van der Waals surface area contributed by atoms with Crippen molar-refractivity contribution in [2.45, 2.75) is 31.3 Å². The molecule has 1 aliphatic carbocycles. The smallest absolute Gasteiger partial charge is 0.253 e. The van der Waals surface area contributed by atoms with Crippen LogP contribution in [0, 0.1) is 0 Å². The number of pyridine rings is 1. The minimum absolute atomic E-state index is 0.0567. The highest BCUT2D eigenvalue weighted by atomic mass is 16.1. The minimum atomic E-state index is -0.0567. The molecule has 1 aliphatic heterocycles. The summed E-state index contributed by atoms with van der Waals surface area (Å²) in [5.41, 5.74) is 3.01. The van der Waals surface area contributed by atoms with Gasteiger partial charge in [-0.25, -0.2) is 10.8 Å². The first-order chi connectivity index (χ1) is 9.26. The fraction of sp³-hybridized carbons (Fsp3) is 0.538. The molecule has 1 aromatic rings. The number of hydrogen-bond acceptors (Lipinski definition) is 5. The minimum Gasteiger partial charge on any atom is -0.348 e.